The number of carbonyl (C=O) groups is 1. The second kappa shape index (κ2) is 8.01. The highest BCUT2D eigenvalue weighted by Gasteiger charge is 2.14. The first kappa shape index (κ1) is 15.0. The van der Waals surface area contributed by atoms with Crippen molar-refractivity contribution >= 4 is 11.8 Å². The van der Waals surface area contributed by atoms with Crippen molar-refractivity contribution in [2.75, 3.05) is 11.9 Å². The number of aliphatic hydroxyl groups is 1. The number of aromatic nitrogens is 1. The molecule has 0 aliphatic carbocycles. The Labute approximate surface area is 124 Å². The van der Waals surface area contributed by atoms with Crippen molar-refractivity contribution in [2.24, 2.45) is 0 Å². The molecule has 0 spiro atoms. The Hall–Kier alpha value is -2.40. The average molecular weight is 285 g/mol. The molecule has 1 heterocycles. The van der Waals surface area contributed by atoms with Gasteiger partial charge in [-0.1, -0.05) is 36.4 Å². The van der Waals surface area contributed by atoms with E-state index in [1.807, 2.05) is 36.4 Å². The lowest BCUT2D eigenvalue weighted by atomic mass is 10.0. The maximum atomic E-state index is 12.0. The smallest absolute Gasteiger partial charge is 0.320 e. The standard InChI is InChI=1S/C16H19N3O2/c20-12-6-9-14(13-7-2-1-3-8-13)18-16(21)19-15-10-4-5-11-17-15/h1-5,7-8,10-11,14,20H,6,9,12H2,(H2,17,18,19,21)/t14-/m1/s1. The van der Waals surface area contributed by atoms with Gasteiger partial charge in [0, 0.05) is 12.8 Å². The number of nitrogens with one attached hydrogen (secondary N) is 2. The van der Waals surface area contributed by atoms with Crippen LogP contribution in [-0.4, -0.2) is 22.7 Å². The van der Waals surface area contributed by atoms with Crippen LogP contribution in [0.1, 0.15) is 24.4 Å². The number of aliphatic hydroxyl groups excluding tert-OH is 1. The van der Waals surface area contributed by atoms with E-state index in [4.69, 9.17) is 5.11 Å². The zero-order chi connectivity index (χ0) is 14.9. The van der Waals surface area contributed by atoms with E-state index in [1.54, 1.807) is 18.3 Å². The van der Waals surface area contributed by atoms with Crippen LogP contribution in [0.2, 0.25) is 0 Å². The molecular formula is C16H19N3O2. The summed E-state index contributed by atoms with van der Waals surface area (Å²) in [7, 11) is 0. The number of anilines is 1. The molecular weight excluding hydrogens is 266 g/mol. The Balaban J connectivity index is 1.99. The molecule has 21 heavy (non-hydrogen) atoms. The number of benzene rings is 1. The molecule has 2 rings (SSSR count). The first-order valence-electron chi connectivity index (χ1n) is 6.94. The molecule has 1 atom stereocenters. The Bertz CT molecular complexity index is 546. The first-order chi connectivity index (χ1) is 10.3. The SMILES string of the molecule is O=C(Nc1ccccn1)N[C@H](CCCO)c1ccccc1. The first-order valence-corrected chi connectivity index (χ1v) is 6.94. The summed E-state index contributed by atoms with van der Waals surface area (Å²) in [4.78, 5) is 16.1. The van der Waals surface area contributed by atoms with Crippen LogP contribution in [0.3, 0.4) is 0 Å². The van der Waals surface area contributed by atoms with E-state index in [0.717, 1.165) is 5.56 Å². The van der Waals surface area contributed by atoms with Gasteiger partial charge in [0.05, 0.1) is 6.04 Å². The fourth-order valence-corrected chi connectivity index (χ4v) is 2.05. The normalized spacial score (nSPS) is 11.7. The van der Waals surface area contributed by atoms with Crippen molar-refractivity contribution in [3.05, 3.63) is 60.3 Å². The molecule has 0 saturated heterocycles. The maximum absolute atomic E-state index is 12.0. The average Bonchev–Trinajstić information content (AvgIpc) is 2.53. The van der Waals surface area contributed by atoms with Gasteiger partial charge in [-0.25, -0.2) is 9.78 Å². The molecule has 0 fully saturated rings. The van der Waals surface area contributed by atoms with E-state index in [1.165, 1.54) is 0 Å². The number of rotatable bonds is 6. The quantitative estimate of drug-likeness (QED) is 0.764. The van der Waals surface area contributed by atoms with E-state index < -0.39 is 0 Å². The van der Waals surface area contributed by atoms with Gasteiger partial charge in [-0.15, -0.1) is 0 Å². The van der Waals surface area contributed by atoms with Gasteiger partial charge in [0.2, 0.25) is 0 Å². The van der Waals surface area contributed by atoms with Crippen LogP contribution < -0.4 is 10.6 Å². The predicted molar refractivity (Wildman–Crippen MR) is 81.9 cm³/mol. The Kier molecular flexibility index (Phi) is 5.72. The highest BCUT2D eigenvalue weighted by Crippen LogP contribution is 2.18. The lowest BCUT2D eigenvalue weighted by molar-refractivity contribution is 0.243. The van der Waals surface area contributed by atoms with Crippen LogP contribution in [0.5, 0.6) is 0 Å². The summed E-state index contributed by atoms with van der Waals surface area (Å²) in [6.45, 7) is 0.104. The molecule has 0 radical (unpaired) electrons. The van der Waals surface area contributed by atoms with Crippen LogP contribution in [0.15, 0.2) is 54.7 Å². The highest BCUT2D eigenvalue weighted by molar-refractivity contribution is 5.88. The molecule has 5 heteroatoms. The second-order valence-electron chi connectivity index (χ2n) is 4.64. The highest BCUT2D eigenvalue weighted by atomic mass is 16.3. The molecule has 1 aromatic carbocycles. The predicted octanol–water partition coefficient (Wildman–Crippen LogP) is 2.72. The third-order valence-corrected chi connectivity index (χ3v) is 3.06. The number of hydrogen-bond acceptors (Lipinski definition) is 3. The molecule has 110 valence electrons. The van der Waals surface area contributed by atoms with E-state index in [-0.39, 0.29) is 18.7 Å². The molecule has 2 aromatic rings. The Morgan fingerprint density at radius 1 is 1.14 bits per heavy atom. The van der Waals surface area contributed by atoms with Gasteiger partial charge in [-0.05, 0) is 30.5 Å². The van der Waals surface area contributed by atoms with Crippen LogP contribution >= 0.6 is 0 Å². The van der Waals surface area contributed by atoms with Gasteiger partial charge < -0.3 is 10.4 Å². The zero-order valence-electron chi connectivity index (χ0n) is 11.7. The number of pyridine rings is 1. The van der Waals surface area contributed by atoms with Gasteiger partial charge in [-0.2, -0.15) is 0 Å². The summed E-state index contributed by atoms with van der Waals surface area (Å²) < 4.78 is 0. The number of hydrogen-bond donors (Lipinski definition) is 3. The molecule has 0 saturated carbocycles. The second-order valence-corrected chi connectivity index (χ2v) is 4.64. The van der Waals surface area contributed by atoms with E-state index in [0.29, 0.717) is 18.7 Å². The lowest BCUT2D eigenvalue weighted by Gasteiger charge is -2.19. The molecule has 0 aliphatic heterocycles. The van der Waals surface area contributed by atoms with Gasteiger partial charge in [0.25, 0.3) is 0 Å². The van der Waals surface area contributed by atoms with Crippen molar-refractivity contribution in [3.8, 4) is 0 Å². The molecule has 0 unspecified atom stereocenters. The van der Waals surface area contributed by atoms with Crippen molar-refractivity contribution in [1.82, 2.24) is 10.3 Å². The molecule has 1 aromatic heterocycles. The molecule has 0 aliphatic rings. The minimum absolute atomic E-state index is 0.104. The lowest BCUT2D eigenvalue weighted by Crippen LogP contribution is -2.33. The summed E-state index contributed by atoms with van der Waals surface area (Å²) in [6.07, 6.45) is 2.93. The molecule has 2 amide bonds. The van der Waals surface area contributed by atoms with Gasteiger partial charge in [0.1, 0.15) is 5.82 Å². The van der Waals surface area contributed by atoms with E-state index >= 15 is 0 Å². The van der Waals surface area contributed by atoms with Crippen molar-refractivity contribution < 1.29 is 9.90 Å². The van der Waals surface area contributed by atoms with Gasteiger partial charge >= 0.3 is 6.03 Å². The van der Waals surface area contributed by atoms with Crippen LogP contribution in [-0.2, 0) is 0 Å². The van der Waals surface area contributed by atoms with Crippen molar-refractivity contribution in [3.63, 3.8) is 0 Å². The molecule has 3 N–H and O–H groups in total. The minimum Gasteiger partial charge on any atom is -0.396 e. The largest absolute Gasteiger partial charge is 0.396 e. The zero-order valence-corrected chi connectivity index (χ0v) is 11.7. The van der Waals surface area contributed by atoms with Gasteiger partial charge in [0.15, 0.2) is 0 Å². The number of nitrogens with zero attached hydrogens (tertiary/aromatic N) is 1. The molecule has 5 nitrogen and oxygen atoms in total. The summed E-state index contributed by atoms with van der Waals surface area (Å²) in [5.74, 6) is 0.504. The maximum Gasteiger partial charge on any atom is 0.320 e. The number of carbonyl (C=O) groups excluding carboxylic acids is 1. The Morgan fingerprint density at radius 3 is 2.57 bits per heavy atom. The minimum atomic E-state index is -0.305. The third kappa shape index (κ3) is 4.89. The molecule has 0 bridgehead atoms. The topological polar surface area (TPSA) is 74.2 Å². The van der Waals surface area contributed by atoms with Crippen LogP contribution in [0, 0.1) is 0 Å². The fraction of sp³-hybridized carbons (Fsp3) is 0.250. The van der Waals surface area contributed by atoms with Crippen LogP contribution in [0.25, 0.3) is 0 Å². The van der Waals surface area contributed by atoms with Crippen LogP contribution in [0.4, 0.5) is 10.6 Å². The summed E-state index contributed by atoms with van der Waals surface area (Å²) in [6, 6.07) is 14.6. The number of urea groups is 1. The third-order valence-electron chi connectivity index (χ3n) is 3.06. The summed E-state index contributed by atoms with van der Waals surface area (Å²) >= 11 is 0. The van der Waals surface area contributed by atoms with E-state index in [9.17, 15) is 4.79 Å². The monoisotopic (exact) mass is 285 g/mol. The van der Waals surface area contributed by atoms with E-state index in [2.05, 4.69) is 15.6 Å². The summed E-state index contributed by atoms with van der Waals surface area (Å²) in [5.41, 5.74) is 1.02. The fourth-order valence-electron chi connectivity index (χ4n) is 2.05. The Morgan fingerprint density at radius 2 is 1.90 bits per heavy atom. The number of amides is 2. The summed E-state index contributed by atoms with van der Waals surface area (Å²) in [5, 5.41) is 14.6. The van der Waals surface area contributed by atoms with Crippen molar-refractivity contribution in [2.45, 2.75) is 18.9 Å². The van der Waals surface area contributed by atoms with Gasteiger partial charge in [-0.3, -0.25) is 5.32 Å². The van der Waals surface area contributed by atoms with Crippen molar-refractivity contribution in [1.29, 1.82) is 0 Å².